The molecule has 1 fully saturated rings. The van der Waals surface area contributed by atoms with Gasteiger partial charge in [-0.05, 0) is 26.0 Å². The highest BCUT2D eigenvalue weighted by Crippen LogP contribution is 2.33. The molecular formula is C15H17Cl2N3O2. The van der Waals surface area contributed by atoms with Gasteiger partial charge in [0, 0.05) is 6.04 Å². The molecule has 0 radical (unpaired) electrons. The summed E-state index contributed by atoms with van der Waals surface area (Å²) in [6, 6.07) is 6.05. The van der Waals surface area contributed by atoms with Gasteiger partial charge in [0.2, 0.25) is 5.89 Å². The van der Waals surface area contributed by atoms with Crippen molar-refractivity contribution in [3.8, 4) is 11.5 Å². The quantitative estimate of drug-likeness (QED) is 0.830. The third-order valence-electron chi connectivity index (χ3n) is 3.71. The molecule has 7 heteroatoms. The van der Waals surface area contributed by atoms with Crippen LogP contribution >= 0.6 is 23.2 Å². The van der Waals surface area contributed by atoms with Crippen molar-refractivity contribution in [2.24, 2.45) is 0 Å². The van der Waals surface area contributed by atoms with Gasteiger partial charge in [-0.2, -0.15) is 0 Å². The molecule has 1 aromatic carbocycles. The summed E-state index contributed by atoms with van der Waals surface area (Å²) in [4.78, 5) is 2.29. The SMILES string of the molecule is CC(C)N(Cc1nnc(-c2c(Cl)cccc2Cl)o1)C1COC1. The Balaban J connectivity index is 1.81. The fourth-order valence-corrected chi connectivity index (χ4v) is 2.98. The summed E-state index contributed by atoms with van der Waals surface area (Å²) in [5.74, 6) is 0.894. The lowest BCUT2D eigenvalue weighted by molar-refractivity contribution is -0.0806. The Morgan fingerprint density at radius 1 is 1.23 bits per heavy atom. The number of nitrogens with zero attached hydrogens (tertiary/aromatic N) is 3. The number of aromatic nitrogens is 2. The standard InChI is InChI=1S/C15H17Cl2N3O2/c1-9(2)20(10-7-21-8-10)6-13-18-19-15(22-13)14-11(16)4-3-5-12(14)17/h3-5,9-10H,6-8H2,1-2H3. The summed E-state index contributed by atoms with van der Waals surface area (Å²) in [5, 5.41) is 9.19. The minimum absolute atomic E-state index is 0.346. The second kappa shape index (κ2) is 6.54. The smallest absolute Gasteiger partial charge is 0.250 e. The molecule has 0 spiro atoms. The summed E-state index contributed by atoms with van der Waals surface area (Å²) in [6.45, 7) is 6.35. The highest BCUT2D eigenvalue weighted by Gasteiger charge is 2.29. The molecule has 1 aromatic heterocycles. The number of ether oxygens (including phenoxy) is 1. The number of benzene rings is 1. The lowest BCUT2D eigenvalue weighted by Gasteiger charge is -2.39. The molecule has 0 unspecified atom stereocenters. The monoisotopic (exact) mass is 341 g/mol. The van der Waals surface area contributed by atoms with Crippen molar-refractivity contribution < 1.29 is 9.15 Å². The van der Waals surface area contributed by atoms with Gasteiger partial charge in [-0.25, -0.2) is 0 Å². The predicted molar refractivity (Wildman–Crippen MR) is 85.0 cm³/mol. The highest BCUT2D eigenvalue weighted by molar-refractivity contribution is 6.38. The number of halogens is 2. The van der Waals surface area contributed by atoms with Crippen LogP contribution in [0.4, 0.5) is 0 Å². The second-order valence-electron chi connectivity index (χ2n) is 5.55. The van der Waals surface area contributed by atoms with E-state index in [2.05, 4.69) is 28.9 Å². The van der Waals surface area contributed by atoms with Crippen LogP contribution in [0.1, 0.15) is 19.7 Å². The van der Waals surface area contributed by atoms with Crippen LogP contribution in [0.3, 0.4) is 0 Å². The molecule has 5 nitrogen and oxygen atoms in total. The zero-order chi connectivity index (χ0) is 15.7. The largest absolute Gasteiger partial charge is 0.419 e. The number of hydrogen-bond donors (Lipinski definition) is 0. The van der Waals surface area contributed by atoms with Crippen LogP contribution in [0.5, 0.6) is 0 Å². The van der Waals surface area contributed by atoms with E-state index in [1.54, 1.807) is 18.2 Å². The van der Waals surface area contributed by atoms with Crippen molar-refractivity contribution in [1.82, 2.24) is 15.1 Å². The van der Waals surface area contributed by atoms with Crippen LogP contribution < -0.4 is 0 Å². The molecule has 2 aromatic rings. The first-order chi connectivity index (χ1) is 10.6. The van der Waals surface area contributed by atoms with E-state index in [1.165, 1.54) is 0 Å². The van der Waals surface area contributed by atoms with E-state index in [9.17, 15) is 0 Å². The lowest BCUT2D eigenvalue weighted by Crippen LogP contribution is -2.51. The van der Waals surface area contributed by atoms with Crippen LogP contribution in [-0.4, -0.2) is 40.4 Å². The molecule has 0 amide bonds. The molecule has 1 aliphatic heterocycles. The van der Waals surface area contributed by atoms with E-state index in [4.69, 9.17) is 32.4 Å². The Morgan fingerprint density at radius 3 is 2.45 bits per heavy atom. The maximum absolute atomic E-state index is 6.17. The van der Waals surface area contributed by atoms with E-state index in [0.29, 0.717) is 46.0 Å². The van der Waals surface area contributed by atoms with Gasteiger partial charge in [0.15, 0.2) is 0 Å². The fraction of sp³-hybridized carbons (Fsp3) is 0.467. The third-order valence-corrected chi connectivity index (χ3v) is 4.34. The minimum Gasteiger partial charge on any atom is -0.419 e. The molecule has 1 aliphatic rings. The first kappa shape index (κ1) is 15.7. The van der Waals surface area contributed by atoms with E-state index < -0.39 is 0 Å². The van der Waals surface area contributed by atoms with E-state index in [1.807, 2.05) is 0 Å². The van der Waals surface area contributed by atoms with Crippen molar-refractivity contribution in [3.63, 3.8) is 0 Å². The average Bonchev–Trinajstić information content (AvgIpc) is 2.84. The minimum atomic E-state index is 0.346. The van der Waals surface area contributed by atoms with E-state index >= 15 is 0 Å². The number of hydrogen-bond acceptors (Lipinski definition) is 5. The van der Waals surface area contributed by atoms with Gasteiger partial charge in [0.1, 0.15) is 0 Å². The summed E-state index contributed by atoms with van der Waals surface area (Å²) in [5.41, 5.74) is 0.577. The van der Waals surface area contributed by atoms with Crippen molar-refractivity contribution in [3.05, 3.63) is 34.1 Å². The van der Waals surface area contributed by atoms with Gasteiger partial charge >= 0.3 is 0 Å². The fourth-order valence-electron chi connectivity index (χ4n) is 2.42. The Morgan fingerprint density at radius 2 is 1.91 bits per heavy atom. The molecule has 3 rings (SSSR count). The third kappa shape index (κ3) is 3.13. The molecule has 22 heavy (non-hydrogen) atoms. The van der Waals surface area contributed by atoms with Crippen LogP contribution in [0.15, 0.2) is 22.6 Å². The van der Waals surface area contributed by atoms with Gasteiger partial charge < -0.3 is 9.15 Å². The van der Waals surface area contributed by atoms with Crippen LogP contribution in [0, 0.1) is 0 Å². The van der Waals surface area contributed by atoms with Gasteiger partial charge in [-0.3, -0.25) is 4.90 Å². The molecule has 0 N–H and O–H groups in total. The van der Waals surface area contributed by atoms with Crippen LogP contribution in [0.2, 0.25) is 10.0 Å². The van der Waals surface area contributed by atoms with Crippen molar-refractivity contribution in [2.75, 3.05) is 13.2 Å². The highest BCUT2D eigenvalue weighted by atomic mass is 35.5. The van der Waals surface area contributed by atoms with E-state index in [0.717, 1.165) is 13.2 Å². The molecule has 2 heterocycles. The molecule has 0 atom stereocenters. The van der Waals surface area contributed by atoms with Gasteiger partial charge in [-0.1, -0.05) is 29.3 Å². The van der Waals surface area contributed by atoms with Crippen molar-refractivity contribution in [2.45, 2.75) is 32.5 Å². The van der Waals surface area contributed by atoms with Crippen molar-refractivity contribution >= 4 is 23.2 Å². The Labute approximate surface area is 139 Å². The van der Waals surface area contributed by atoms with Gasteiger partial charge in [-0.15, -0.1) is 10.2 Å². The first-order valence-electron chi connectivity index (χ1n) is 7.16. The normalized spacial score (nSPS) is 15.5. The van der Waals surface area contributed by atoms with Crippen molar-refractivity contribution in [1.29, 1.82) is 0 Å². The summed E-state index contributed by atoms with van der Waals surface area (Å²) >= 11 is 12.3. The molecule has 1 saturated heterocycles. The average molecular weight is 342 g/mol. The van der Waals surface area contributed by atoms with Crippen LogP contribution in [-0.2, 0) is 11.3 Å². The lowest BCUT2D eigenvalue weighted by atomic mass is 10.1. The molecule has 0 saturated carbocycles. The van der Waals surface area contributed by atoms with Gasteiger partial charge in [0.25, 0.3) is 5.89 Å². The predicted octanol–water partition coefficient (Wildman–Crippen LogP) is 3.65. The summed E-state index contributed by atoms with van der Waals surface area (Å²) < 4.78 is 11.0. The molecule has 0 bridgehead atoms. The summed E-state index contributed by atoms with van der Waals surface area (Å²) in [6.07, 6.45) is 0. The maximum atomic E-state index is 6.17. The molecule has 118 valence electrons. The Kier molecular flexibility index (Phi) is 4.68. The first-order valence-corrected chi connectivity index (χ1v) is 7.92. The topological polar surface area (TPSA) is 51.4 Å². The maximum Gasteiger partial charge on any atom is 0.250 e. The Hall–Kier alpha value is -1.14. The van der Waals surface area contributed by atoms with Crippen LogP contribution in [0.25, 0.3) is 11.5 Å². The molecule has 0 aliphatic carbocycles. The zero-order valence-electron chi connectivity index (χ0n) is 12.4. The zero-order valence-corrected chi connectivity index (χ0v) is 13.9. The second-order valence-corrected chi connectivity index (χ2v) is 6.37. The van der Waals surface area contributed by atoms with E-state index in [-0.39, 0.29) is 0 Å². The molecular weight excluding hydrogens is 325 g/mol. The van der Waals surface area contributed by atoms with Gasteiger partial charge in [0.05, 0.1) is 41.4 Å². The number of rotatable bonds is 5. The summed E-state index contributed by atoms with van der Waals surface area (Å²) in [7, 11) is 0. The Bertz CT molecular complexity index is 636.